The summed E-state index contributed by atoms with van der Waals surface area (Å²) in [4.78, 5) is 39.0. The lowest BCUT2D eigenvalue weighted by Gasteiger charge is -2.13. The van der Waals surface area contributed by atoms with Crippen molar-refractivity contribution in [1.29, 1.82) is 0 Å². The zero-order chi connectivity index (χ0) is 22.7. The summed E-state index contributed by atoms with van der Waals surface area (Å²) in [6, 6.07) is 20.2. The van der Waals surface area contributed by atoms with Gasteiger partial charge in [0.25, 0.3) is 11.1 Å². The zero-order valence-corrected chi connectivity index (χ0v) is 18.8. The molecule has 0 aliphatic carbocycles. The number of imide groups is 1. The van der Waals surface area contributed by atoms with Crippen LogP contribution in [0.15, 0.2) is 77.7 Å². The number of esters is 1. The van der Waals surface area contributed by atoms with Gasteiger partial charge in [-0.05, 0) is 65.4 Å². The zero-order valence-electron chi connectivity index (χ0n) is 16.5. The Morgan fingerprint density at radius 3 is 2.53 bits per heavy atom. The van der Waals surface area contributed by atoms with Crippen molar-refractivity contribution in [1.82, 2.24) is 4.90 Å². The van der Waals surface area contributed by atoms with Crippen LogP contribution in [0.1, 0.15) is 21.5 Å². The second-order valence-electron chi connectivity index (χ2n) is 6.83. The first kappa shape index (κ1) is 22.1. The molecule has 2 amide bonds. The van der Waals surface area contributed by atoms with Gasteiger partial charge in [0.15, 0.2) is 0 Å². The first-order valence-corrected chi connectivity index (χ1v) is 11.0. The molecule has 0 bridgehead atoms. The Morgan fingerprint density at radius 1 is 0.969 bits per heavy atom. The third-order valence-corrected chi connectivity index (χ3v) is 6.10. The van der Waals surface area contributed by atoms with Crippen LogP contribution in [0.4, 0.5) is 4.79 Å². The number of carbonyl (C=O) groups excluding carboxylic acids is 3. The first-order valence-electron chi connectivity index (χ1n) is 9.47. The normalized spacial score (nSPS) is 14.8. The molecule has 0 radical (unpaired) electrons. The van der Waals surface area contributed by atoms with Gasteiger partial charge in [0.05, 0.1) is 17.0 Å². The van der Waals surface area contributed by atoms with Gasteiger partial charge in [-0.1, -0.05) is 59.6 Å². The molecule has 1 fully saturated rings. The summed E-state index contributed by atoms with van der Waals surface area (Å²) >= 11 is 12.9. The Kier molecular flexibility index (Phi) is 6.65. The van der Waals surface area contributed by atoms with Crippen molar-refractivity contribution in [2.24, 2.45) is 0 Å². The second-order valence-corrected chi connectivity index (χ2v) is 8.67. The van der Waals surface area contributed by atoms with E-state index in [4.69, 9.17) is 27.9 Å². The van der Waals surface area contributed by atoms with E-state index >= 15 is 0 Å². The topological polar surface area (TPSA) is 63.7 Å². The highest BCUT2D eigenvalue weighted by Crippen LogP contribution is 2.34. The van der Waals surface area contributed by atoms with Crippen molar-refractivity contribution in [3.8, 4) is 5.75 Å². The van der Waals surface area contributed by atoms with Crippen LogP contribution in [0.3, 0.4) is 0 Å². The number of hydrogen-bond donors (Lipinski definition) is 0. The summed E-state index contributed by atoms with van der Waals surface area (Å²) in [7, 11) is 0. The average molecular weight is 484 g/mol. The Balaban J connectivity index is 1.50. The highest BCUT2D eigenvalue weighted by atomic mass is 35.5. The Labute approximate surface area is 198 Å². The number of amides is 2. The van der Waals surface area contributed by atoms with E-state index in [9.17, 15) is 14.4 Å². The lowest BCUT2D eigenvalue weighted by atomic mass is 10.2. The largest absolute Gasteiger partial charge is 0.423 e. The lowest BCUT2D eigenvalue weighted by Crippen LogP contribution is -2.27. The van der Waals surface area contributed by atoms with Gasteiger partial charge < -0.3 is 4.74 Å². The fraction of sp³-hybridized carbons (Fsp3) is 0.0417. The molecular formula is C24H15Cl2NO4S. The van der Waals surface area contributed by atoms with Gasteiger partial charge in [0.2, 0.25) is 0 Å². The van der Waals surface area contributed by atoms with Crippen LogP contribution in [0.5, 0.6) is 5.75 Å². The Bertz CT molecular complexity index is 1260. The van der Waals surface area contributed by atoms with Gasteiger partial charge in [-0.25, -0.2) is 4.79 Å². The summed E-state index contributed by atoms with van der Waals surface area (Å²) in [5.74, 6) is -0.648. The minimum Gasteiger partial charge on any atom is -0.423 e. The third kappa shape index (κ3) is 5.05. The quantitative estimate of drug-likeness (QED) is 0.237. The van der Waals surface area contributed by atoms with Crippen LogP contribution in [0.25, 0.3) is 6.08 Å². The molecule has 1 aliphatic heterocycles. The molecule has 3 aromatic carbocycles. The van der Waals surface area contributed by atoms with Crippen LogP contribution in [0.2, 0.25) is 10.0 Å². The maximum Gasteiger partial charge on any atom is 0.343 e. The summed E-state index contributed by atoms with van der Waals surface area (Å²) < 4.78 is 5.41. The van der Waals surface area contributed by atoms with Crippen LogP contribution >= 0.6 is 35.0 Å². The minimum atomic E-state index is -0.551. The van der Waals surface area contributed by atoms with Crippen molar-refractivity contribution >= 4 is 58.2 Å². The molecule has 0 spiro atoms. The molecule has 1 aliphatic rings. The van der Waals surface area contributed by atoms with Gasteiger partial charge in [-0.3, -0.25) is 14.5 Å². The summed E-state index contributed by atoms with van der Waals surface area (Å²) in [5.41, 5.74) is 1.63. The van der Waals surface area contributed by atoms with Gasteiger partial charge in [-0.2, -0.15) is 0 Å². The maximum absolute atomic E-state index is 12.8. The van der Waals surface area contributed by atoms with Crippen LogP contribution in [0, 0.1) is 0 Å². The molecule has 0 N–H and O–H groups in total. The Morgan fingerprint density at radius 2 is 1.75 bits per heavy atom. The molecule has 0 saturated carbocycles. The average Bonchev–Trinajstić information content (AvgIpc) is 3.03. The van der Waals surface area contributed by atoms with Crippen molar-refractivity contribution in [3.63, 3.8) is 0 Å². The molecular weight excluding hydrogens is 469 g/mol. The number of halogens is 2. The molecule has 0 unspecified atom stereocenters. The number of carbonyl (C=O) groups is 3. The smallest absolute Gasteiger partial charge is 0.343 e. The Hall–Kier alpha value is -3.06. The monoisotopic (exact) mass is 483 g/mol. The summed E-state index contributed by atoms with van der Waals surface area (Å²) in [6.07, 6.45) is 1.59. The predicted molar refractivity (Wildman–Crippen MR) is 126 cm³/mol. The molecule has 160 valence electrons. The number of ether oxygens (including phenoxy) is 1. The van der Waals surface area contributed by atoms with E-state index in [2.05, 4.69) is 0 Å². The van der Waals surface area contributed by atoms with Gasteiger partial charge in [0, 0.05) is 10.0 Å². The van der Waals surface area contributed by atoms with E-state index in [0.717, 1.165) is 16.7 Å². The number of benzene rings is 3. The second kappa shape index (κ2) is 9.61. The van der Waals surface area contributed by atoms with Crippen molar-refractivity contribution < 1.29 is 19.1 Å². The SMILES string of the molecule is O=C(Oc1cccc(/C=C2\SC(=O)N(Cc3ccccc3Cl)C2=O)c1)c1cccc(Cl)c1. The van der Waals surface area contributed by atoms with Gasteiger partial charge in [0.1, 0.15) is 5.75 Å². The van der Waals surface area contributed by atoms with Crippen molar-refractivity contribution in [2.75, 3.05) is 0 Å². The van der Waals surface area contributed by atoms with Crippen LogP contribution in [-0.2, 0) is 11.3 Å². The molecule has 0 atom stereocenters. The number of nitrogens with zero attached hydrogens (tertiary/aromatic N) is 1. The van der Waals surface area contributed by atoms with E-state index in [-0.39, 0.29) is 16.7 Å². The van der Waals surface area contributed by atoms with Crippen LogP contribution < -0.4 is 4.74 Å². The minimum absolute atomic E-state index is 0.0962. The molecule has 32 heavy (non-hydrogen) atoms. The van der Waals surface area contributed by atoms with E-state index in [1.807, 2.05) is 0 Å². The molecule has 1 saturated heterocycles. The standard InChI is InChI=1S/C24H15Cl2NO4S/c25-18-8-4-7-16(13-18)23(29)31-19-9-3-5-15(11-19)12-21-22(28)27(24(30)32-21)14-17-6-1-2-10-20(17)26/h1-13H,14H2/b21-12-. The van der Waals surface area contributed by atoms with Crippen LogP contribution in [-0.4, -0.2) is 22.0 Å². The van der Waals surface area contributed by atoms with Crippen molar-refractivity contribution in [3.05, 3.63) is 104 Å². The highest BCUT2D eigenvalue weighted by molar-refractivity contribution is 8.18. The molecule has 8 heteroatoms. The number of rotatable bonds is 5. The molecule has 1 heterocycles. The summed E-state index contributed by atoms with van der Waals surface area (Å²) in [5, 5.41) is 0.551. The third-order valence-electron chi connectivity index (χ3n) is 4.59. The van der Waals surface area contributed by atoms with Gasteiger partial charge in [-0.15, -0.1) is 0 Å². The number of hydrogen-bond acceptors (Lipinski definition) is 5. The molecule has 5 nitrogen and oxygen atoms in total. The maximum atomic E-state index is 12.8. The first-order chi connectivity index (χ1) is 15.4. The van der Waals surface area contributed by atoms with E-state index < -0.39 is 11.9 Å². The molecule has 4 rings (SSSR count). The lowest BCUT2D eigenvalue weighted by molar-refractivity contribution is -0.123. The van der Waals surface area contributed by atoms with E-state index in [1.165, 1.54) is 6.07 Å². The molecule has 0 aromatic heterocycles. The predicted octanol–water partition coefficient (Wildman–Crippen LogP) is 6.45. The van der Waals surface area contributed by atoms with E-state index in [1.54, 1.807) is 72.8 Å². The van der Waals surface area contributed by atoms with Crippen molar-refractivity contribution in [2.45, 2.75) is 6.54 Å². The fourth-order valence-electron chi connectivity index (χ4n) is 3.03. The molecule has 3 aromatic rings. The van der Waals surface area contributed by atoms with E-state index in [0.29, 0.717) is 32.5 Å². The fourth-order valence-corrected chi connectivity index (χ4v) is 4.26. The van der Waals surface area contributed by atoms with Gasteiger partial charge >= 0.3 is 5.97 Å². The number of thioether (sulfide) groups is 1. The highest BCUT2D eigenvalue weighted by Gasteiger charge is 2.35. The summed E-state index contributed by atoms with van der Waals surface area (Å²) in [6.45, 7) is 0.0962.